The van der Waals surface area contributed by atoms with Gasteiger partial charge in [-0.05, 0) is 11.8 Å². The lowest BCUT2D eigenvalue weighted by Crippen LogP contribution is -2.45. The summed E-state index contributed by atoms with van der Waals surface area (Å²) in [6.45, 7) is 5.27. The SMILES string of the molecule is Cl.O=C(N1CCc2[nH]nnc2C1)N1C[C@H]2CNC[C@@H]2C1. The molecule has 2 atom stereocenters. The van der Waals surface area contributed by atoms with Crippen LogP contribution < -0.4 is 5.32 Å². The molecule has 3 aliphatic heterocycles. The number of hydrogen-bond acceptors (Lipinski definition) is 4. The summed E-state index contributed by atoms with van der Waals surface area (Å²) in [7, 11) is 0. The van der Waals surface area contributed by atoms with Crippen LogP contribution in [0.4, 0.5) is 4.79 Å². The van der Waals surface area contributed by atoms with Crippen LogP contribution in [-0.2, 0) is 13.0 Å². The Hall–Kier alpha value is -1.34. The number of rotatable bonds is 0. The van der Waals surface area contributed by atoms with Crippen molar-refractivity contribution in [1.82, 2.24) is 30.5 Å². The Morgan fingerprint density at radius 3 is 2.70 bits per heavy atom. The van der Waals surface area contributed by atoms with Gasteiger partial charge in [0.15, 0.2) is 0 Å². The van der Waals surface area contributed by atoms with Crippen LogP contribution in [0.3, 0.4) is 0 Å². The number of nitrogens with one attached hydrogen (secondary N) is 2. The van der Waals surface area contributed by atoms with Gasteiger partial charge in [0.2, 0.25) is 0 Å². The van der Waals surface area contributed by atoms with E-state index < -0.39 is 0 Å². The highest BCUT2D eigenvalue weighted by Gasteiger charge is 2.39. The Labute approximate surface area is 123 Å². The first-order chi connectivity index (χ1) is 9.31. The molecule has 8 heteroatoms. The van der Waals surface area contributed by atoms with Gasteiger partial charge in [-0.3, -0.25) is 5.10 Å². The number of H-pyrrole nitrogens is 1. The third kappa shape index (κ3) is 2.14. The summed E-state index contributed by atoms with van der Waals surface area (Å²) in [6, 6.07) is 0.169. The molecule has 2 saturated heterocycles. The highest BCUT2D eigenvalue weighted by atomic mass is 35.5. The zero-order chi connectivity index (χ0) is 12.8. The van der Waals surface area contributed by atoms with E-state index in [-0.39, 0.29) is 18.4 Å². The van der Waals surface area contributed by atoms with Gasteiger partial charge in [0, 0.05) is 39.1 Å². The highest BCUT2D eigenvalue weighted by molar-refractivity contribution is 5.85. The lowest BCUT2D eigenvalue weighted by molar-refractivity contribution is 0.153. The number of hydrogen-bond donors (Lipinski definition) is 2. The van der Waals surface area contributed by atoms with Crippen LogP contribution in [-0.4, -0.2) is 64.0 Å². The Balaban J connectivity index is 0.00000121. The maximum atomic E-state index is 12.5. The number of halogens is 1. The first kappa shape index (κ1) is 13.6. The van der Waals surface area contributed by atoms with Crippen LogP contribution in [0.15, 0.2) is 0 Å². The van der Waals surface area contributed by atoms with E-state index in [1.807, 2.05) is 9.80 Å². The molecule has 2 amide bonds. The molecule has 20 heavy (non-hydrogen) atoms. The molecular weight excluding hydrogens is 280 g/mol. The third-order valence-electron chi connectivity index (χ3n) is 4.61. The molecule has 4 rings (SSSR count). The van der Waals surface area contributed by atoms with Crippen LogP contribution in [0.5, 0.6) is 0 Å². The van der Waals surface area contributed by atoms with Crippen LogP contribution in [0, 0.1) is 11.8 Å². The average Bonchev–Trinajstić information content (AvgIpc) is 3.11. The van der Waals surface area contributed by atoms with E-state index in [0.29, 0.717) is 18.4 Å². The summed E-state index contributed by atoms with van der Waals surface area (Å²) < 4.78 is 0. The number of fused-ring (bicyclic) bond motifs is 2. The van der Waals surface area contributed by atoms with Gasteiger partial charge in [-0.25, -0.2) is 4.79 Å². The minimum Gasteiger partial charge on any atom is -0.324 e. The summed E-state index contributed by atoms with van der Waals surface area (Å²) >= 11 is 0. The van der Waals surface area contributed by atoms with Gasteiger partial charge in [0.05, 0.1) is 12.2 Å². The van der Waals surface area contributed by atoms with Crippen molar-refractivity contribution in [3.63, 3.8) is 0 Å². The third-order valence-corrected chi connectivity index (χ3v) is 4.61. The predicted octanol–water partition coefficient (Wildman–Crippen LogP) is -0.144. The second-order valence-corrected chi connectivity index (χ2v) is 5.77. The Kier molecular flexibility index (Phi) is 3.55. The average molecular weight is 299 g/mol. The van der Waals surface area contributed by atoms with Gasteiger partial charge < -0.3 is 15.1 Å². The van der Waals surface area contributed by atoms with Gasteiger partial charge in [-0.1, -0.05) is 5.21 Å². The van der Waals surface area contributed by atoms with Crippen LogP contribution >= 0.6 is 12.4 Å². The molecule has 0 unspecified atom stereocenters. The second kappa shape index (κ2) is 5.21. The van der Waals surface area contributed by atoms with Crippen molar-refractivity contribution in [1.29, 1.82) is 0 Å². The lowest BCUT2D eigenvalue weighted by atomic mass is 10.0. The monoisotopic (exact) mass is 298 g/mol. The number of nitrogens with zero attached hydrogens (tertiary/aromatic N) is 4. The van der Waals surface area contributed by atoms with Gasteiger partial charge in [0.25, 0.3) is 0 Å². The molecule has 3 aliphatic rings. The van der Waals surface area contributed by atoms with Gasteiger partial charge in [-0.2, -0.15) is 0 Å². The molecule has 0 bridgehead atoms. The zero-order valence-electron chi connectivity index (χ0n) is 11.2. The van der Waals surface area contributed by atoms with E-state index in [1.54, 1.807) is 0 Å². The number of aromatic nitrogens is 3. The van der Waals surface area contributed by atoms with Crippen molar-refractivity contribution in [2.75, 3.05) is 32.7 Å². The molecule has 0 saturated carbocycles. The zero-order valence-corrected chi connectivity index (χ0v) is 12.0. The Morgan fingerprint density at radius 1 is 1.20 bits per heavy atom. The quantitative estimate of drug-likeness (QED) is 0.699. The summed E-state index contributed by atoms with van der Waals surface area (Å²) in [5.41, 5.74) is 1.99. The molecule has 1 aromatic rings. The maximum Gasteiger partial charge on any atom is 0.320 e. The van der Waals surface area contributed by atoms with E-state index in [1.165, 1.54) is 0 Å². The minimum atomic E-state index is 0. The van der Waals surface area contributed by atoms with E-state index in [9.17, 15) is 4.79 Å². The summed E-state index contributed by atoms with van der Waals surface area (Å²) in [5.74, 6) is 1.30. The van der Waals surface area contributed by atoms with Crippen molar-refractivity contribution in [3.05, 3.63) is 11.4 Å². The molecular formula is C12H19ClN6O. The number of urea groups is 1. The van der Waals surface area contributed by atoms with E-state index in [4.69, 9.17) is 0 Å². The van der Waals surface area contributed by atoms with Crippen molar-refractivity contribution in [2.45, 2.75) is 13.0 Å². The first-order valence-corrected chi connectivity index (χ1v) is 6.94. The molecule has 4 heterocycles. The minimum absolute atomic E-state index is 0. The van der Waals surface area contributed by atoms with Gasteiger partial charge in [-0.15, -0.1) is 17.5 Å². The van der Waals surface area contributed by atoms with E-state index in [0.717, 1.165) is 50.5 Å². The number of amides is 2. The molecule has 0 spiro atoms. The van der Waals surface area contributed by atoms with Crippen LogP contribution in [0.1, 0.15) is 11.4 Å². The normalized spacial score (nSPS) is 28.0. The maximum absolute atomic E-state index is 12.5. The molecule has 1 aromatic heterocycles. The Morgan fingerprint density at radius 2 is 1.95 bits per heavy atom. The number of likely N-dealkylation sites (tertiary alicyclic amines) is 1. The fraction of sp³-hybridized carbons (Fsp3) is 0.750. The smallest absolute Gasteiger partial charge is 0.320 e. The van der Waals surface area contributed by atoms with Crippen LogP contribution in [0.25, 0.3) is 0 Å². The summed E-state index contributed by atoms with van der Waals surface area (Å²) in [5, 5.41) is 14.1. The fourth-order valence-electron chi connectivity index (χ4n) is 3.48. The van der Waals surface area contributed by atoms with Crippen molar-refractivity contribution in [2.24, 2.45) is 11.8 Å². The number of carbonyl (C=O) groups excluding carboxylic acids is 1. The van der Waals surface area contributed by atoms with Crippen molar-refractivity contribution in [3.8, 4) is 0 Å². The number of aromatic amines is 1. The van der Waals surface area contributed by atoms with Crippen molar-refractivity contribution >= 4 is 18.4 Å². The molecule has 2 N–H and O–H groups in total. The molecule has 110 valence electrons. The van der Waals surface area contributed by atoms with E-state index in [2.05, 4.69) is 20.7 Å². The number of carbonyl (C=O) groups is 1. The second-order valence-electron chi connectivity index (χ2n) is 5.77. The first-order valence-electron chi connectivity index (χ1n) is 6.94. The highest BCUT2D eigenvalue weighted by Crippen LogP contribution is 2.27. The van der Waals surface area contributed by atoms with Gasteiger partial charge in [0.1, 0.15) is 5.69 Å². The molecule has 0 aliphatic carbocycles. The summed E-state index contributed by atoms with van der Waals surface area (Å²) in [6.07, 6.45) is 0.830. The largest absolute Gasteiger partial charge is 0.324 e. The van der Waals surface area contributed by atoms with E-state index >= 15 is 0 Å². The van der Waals surface area contributed by atoms with Crippen molar-refractivity contribution < 1.29 is 4.79 Å². The molecule has 0 aromatic carbocycles. The molecule has 7 nitrogen and oxygen atoms in total. The standard InChI is InChI=1S/C12H18N6O.ClH/c19-12(18-5-8-3-13-4-9(8)6-18)17-2-1-10-11(7-17)15-16-14-10;/h8-9,13H,1-7H2,(H,14,15,16);1H/t8-,9-;/m1./s1. The topological polar surface area (TPSA) is 77.2 Å². The Bertz CT molecular complexity index is 494. The predicted molar refractivity (Wildman–Crippen MR) is 74.6 cm³/mol. The summed E-state index contributed by atoms with van der Waals surface area (Å²) in [4.78, 5) is 16.5. The van der Waals surface area contributed by atoms with Crippen LogP contribution in [0.2, 0.25) is 0 Å². The molecule has 2 fully saturated rings. The molecule has 0 radical (unpaired) electrons. The fourth-order valence-corrected chi connectivity index (χ4v) is 3.48. The van der Waals surface area contributed by atoms with Gasteiger partial charge >= 0.3 is 6.03 Å². The lowest BCUT2D eigenvalue weighted by Gasteiger charge is -2.30.